The number of carbonyl (C=O) groups is 2. The van der Waals surface area contributed by atoms with Crippen LogP contribution in [-0.4, -0.2) is 58.4 Å². The monoisotopic (exact) mass is 212 g/mol. The Bertz CT molecular complexity index is 332. The minimum atomic E-state index is -0.874. The molecule has 3 fully saturated rings. The van der Waals surface area contributed by atoms with Crippen molar-refractivity contribution in [2.75, 3.05) is 13.2 Å². The molecule has 0 unspecified atom stereocenters. The van der Waals surface area contributed by atoms with Crippen molar-refractivity contribution in [2.24, 2.45) is 0 Å². The van der Waals surface area contributed by atoms with E-state index in [0.29, 0.717) is 13.2 Å². The highest BCUT2D eigenvalue weighted by Gasteiger charge is 2.53. The summed E-state index contributed by atoms with van der Waals surface area (Å²) in [7, 11) is 0. The molecule has 3 aliphatic rings. The van der Waals surface area contributed by atoms with Crippen molar-refractivity contribution in [1.29, 1.82) is 0 Å². The van der Waals surface area contributed by atoms with E-state index >= 15 is 0 Å². The fourth-order valence-electron chi connectivity index (χ4n) is 2.99. The maximum Gasteiger partial charge on any atom is 0.410 e. The molecule has 15 heavy (non-hydrogen) atoms. The van der Waals surface area contributed by atoms with Crippen LogP contribution in [-0.2, 0) is 4.74 Å². The molecule has 0 aliphatic carbocycles. The van der Waals surface area contributed by atoms with Gasteiger partial charge < -0.3 is 9.84 Å². The summed E-state index contributed by atoms with van der Waals surface area (Å²) in [5, 5.41) is 9.09. The Morgan fingerprint density at radius 2 is 2.20 bits per heavy atom. The second kappa shape index (κ2) is 2.77. The molecule has 3 atom stereocenters. The number of piperazine rings is 1. The van der Waals surface area contributed by atoms with Gasteiger partial charge in [0.25, 0.3) is 0 Å². The summed E-state index contributed by atoms with van der Waals surface area (Å²) >= 11 is 0. The van der Waals surface area contributed by atoms with E-state index in [9.17, 15) is 9.59 Å². The molecule has 2 amide bonds. The molecule has 82 valence electrons. The Hall–Kier alpha value is -1.46. The third-order valence-electron chi connectivity index (χ3n) is 3.63. The number of carboxylic acid groups (broad SMARTS) is 1. The molecule has 3 aliphatic heterocycles. The standard InChI is InChI=1S/C9H12N2O4/c12-8(13)11-5-1-2-6(11)7-4-15-9(14)10(7)3-5/h5-7H,1-4H2,(H,12,13)/t5-,6+,7-/m0/s1. The van der Waals surface area contributed by atoms with E-state index in [1.54, 1.807) is 4.90 Å². The minimum Gasteiger partial charge on any atom is -0.465 e. The van der Waals surface area contributed by atoms with E-state index in [1.165, 1.54) is 4.90 Å². The number of hydrogen-bond acceptors (Lipinski definition) is 3. The molecule has 3 saturated heterocycles. The summed E-state index contributed by atoms with van der Waals surface area (Å²) in [4.78, 5) is 25.6. The molecule has 0 aromatic carbocycles. The number of nitrogens with zero attached hydrogens (tertiary/aromatic N) is 2. The normalized spacial score (nSPS) is 37.9. The quantitative estimate of drug-likeness (QED) is 0.628. The molecule has 3 rings (SSSR count). The fourth-order valence-corrected chi connectivity index (χ4v) is 2.99. The molecule has 6 heteroatoms. The second-order valence-corrected chi connectivity index (χ2v) is 4.28. The average Bonchev–Trinajstić information content (AvgIpc) is 2.70. The molecule has 0 radical (unpaired) electrons. The number of cyclic esters (lactones) is 1. The van der Waals surface area contributed by atoms with Crippen LogP contribution in [0.25, 0.3) is 0 Å². The molecule has 0 spiro atoms. The smallest absolute Gasteiger partial charge is 0.410 e. The largest absolute Gasteiger partial charge is 0.465 e. The molecule has 3 heterocycles. The predicted molar refractivity (Wildman–Crippen MR) is 48.5 cm³/mol. The SMILES string of the molecule is O=C1OC[C@H]2[C@H]3CC[C@@H](CN12)N3C(=O)O. The van der Waals surface area contributed by atoms with Crippen LogP contribution in [0.3, 0.4) is 0 Å². The van der Waals surface area contributed by atoms with Crippen LogP contribution in [0.1, 0.15) is 12.8 Å². The number of fused-ring (bicyclic) bond motifs is 4. The Labute approximate surface area is 86.4 Å². The zero-order chi connectivity index (χ0) is 10.6. The van der Waals surface area contributed by atoms with Crippen LogP contribution in [0.15, 0.2) is 0 Å². The van der Waals surface area contributed by atoms with Crippen LogP contribution in [0.2, 0.25) is 0 Å². The topological polar surface area (TPSA) is 70.1 Å². The number of ether oxygens (including phenoxy) is 1. The second-order valence-electron chi connectivity index (χ2n) is 4.28. The number of rotatable bonds is 0. The zero-order valence-corrected chi connectivity index (χ0v) is 8.13. The van der Waals surface area contributed by atoms with E-state index in [2.05, 4.69) is 0 Å². The van der Waals surface area contributed by atoms with Gasteiger partial charge >= 0.3 is 12.2 Å². The lowest BCUT2D eigenvalue weighted by molar-refractivity contribution is 0.0555. The van der Waals surface area contributed by atoms with Crippen molar-refractivity contribution < 1.29 is 19.4 Å². The molecule has 6 nitrogen and oxygen atoms in total. The van der Waals surface area contributed by atoms with Crippen LogP contribution < -0.4 is 0 Å². The minimum absolute atomic E-state index is 0.0330. The summed E-state index contributed by atoms with van der Waals surface area (Å²) < 4.78 is 4.95. The summed E-state index contributed by atoms with van der Waals surface area (Å²) in [6.07, 6.45) is 0.537. The number of amides is 2. The Kier molecular flexibility index (Phi) is 1.63. The van der Waals surface area contributed by atoms with Gasteiger partial charge in [-0.2, -0.15) is 0 Å². The maximum absolute atomic E-state index is 11.3. The molecular formula is C9H12N2O4. The highest BCUT2D eigenvalue weighted by molar-refractivity contribution is 5.73. The molecule has 1 N–H and O–H groups in total. The van der Waals surface area contributed by atoms with Crippen molar-refractivity contribution in [2.45, 2.75) is 31.0 Å². The van der Waals surface area contributed by atoms with Crippen molar-refractivity contribution in [3.8, 4) is 0 Å². The first-order valence-corrected chi connectivity index (χ1v) is 5.13. The van der Waals surface area contributed by atoms with E-state index in [0.717, 1.165) is 12.8 Å². The van der Waals surface area contributed by atoms with Gasteiger partial charge in [-0.25, -0.2) is 9.59 Å². The summed E-state index contributed by atoms with van der Waals surface area (Å²) in [6.45, 7) is 0.826. The van der Waals surface area contributed by atoms with Gasteiger partial charge in [0.2, 0.25) is 0 Å². The summed E-state index contributed by atoms with van der Waals surface area (Å²) in [6, 6.07) is -0.158. The Balaban J connectivity index is 1.91. The van der Waals surface area contributed by atoms with Crippen molar-refractivity contribution in [3.05, 3.63) is 0 Å². The summed E-state index contributed by atoms with van der Waals surface area (Å²) in [5.74, 6) is 0. The number of carbonyl (C=O) groups excluding carboxylic acids is 1. The highest BCUT2D eigenvalue weighted by Crippen LogP contribution is 2.36. The van der Waals surface area contributed by atoms with Crippen LogP contribution in [0.5, 0.6) is 0 Å². The summed E-state index contributed by atoms with van der Waals surface area (Å²) in [5.41, 5.74) is 0. The highest BCUT2D eigenvalue weighted by atomic mass is 16.6. The van der Waals surface area contributed by atoms with Crippen molar-refractivity contribution in [1.82, 2.24) is 9.80 Å². The van der Waals surface area contributed by atoms with Gasteiger partial charge in [0.15, 0.2) is 0 Å². The van der Waals surface area contributed by atoms with E-state index in [-0.39, 0.29) is 24.2 Å². The van der Waals surface area contributed by atoms with Crippen LogP contribution in [0.4, 0.5) is 9.59 Å². The van der Waals surface area contributed by atoms with Crippen LogP contribution in [0, 0.1) is 0 Å². The fraction of sp³-hybridized carbons (Fsp3) is 0.778. The molecule has 2 bridgehead atoms. The lowest BCUT2D eigenvalue weighted by Crippen LogP contribution is -2.60. The Morgan fingerprint density at radius 3 is 2.93 bits per heavy atom. The maximum atomic E-state index is 11.3. The Morgan fingerprint density at radius 1 is 1.40 bits per heavy atom. The molecular weight excluding hydrogens is 200 g/mol. The average molecular weight is 212 g/mol. The van der Waals surface area contributed by atoms with Crippen LogP contribution >= 0.6 is 0 Å². The van der Waals surface area contributed by atoms with E-state index in [1.807, 2.05) is 0 Å². The van der Waals surface area contributed by atoms with Gasteiger partial charge in [0.05, 0.1) is 18.1 Å². The lowest BCUT2D eigenvalue weighted by Gasteiger charge is -2.40. The lowest BCUT2D eigenvalue weighted by atomic mass is 10.1. The van der Waals surface area contributed by atoms with Gasteiger partial charge in [-0.1, -0.05) is 0 Å². The molecule has 0 aromatic rings. The van der Waals surface area contributed by atoms with Gasteiger partial charge in [-0.05, 0) is 12.8 Å². The van der Waals surface area contributed by atoms with E-state index in [4.69, 9.17) is 9.84 Å². The van der Waals surface area contributed by atoms with Gasteiger partial charge in [0.1, 0.15) is 6.61 Å². The predicted octanol–water partition coefficient (Wildman–Crippen LogP) is 0.332. The third kappa shape index (κ3) is 1.04. The van der Waals surface area contributed by atoms with Gasteiger partial charge in [-0.15, -0.1) is 0 Å². The first-order chi connectivity index (χ1) is 7.18. The van der Waals surface area contributed by atoms with Gasteiger partial charge in [0, 0.05) is 6.54 Å². The van der Waals surface area contributed by atoms with Crippen molar-refractivity contribution in [3.63, 3.8) is 0 Å². The molecule has 0 aromatic heterocycles. The number of hydrogen-bond donors (Lipinski definition) is 1. The zero-order valence-electron chi connectivity index (χ0n) is 8.13. The first kappa shape index (κ1) is 8.82. The van der Waals surface area contributed by atoms with E-state index < -0.39 is 6.09 Å². The first-order valence-electron chi connectivity index (χ1n) is 5.13. The van der Waals surface area contributed by atoms with Gasteiger partial charge in [-0.3, -0.25) is 9.80 Å². The van der Waals surface area contributed by atoms with Crippen molar-refractivity contribution >= 4 is 12.2 Å². The third-order valence-corrected chi connectivity index (χ3v) is 3.63. The molecule has 0 saturated carbocycles.